The Labute approximate surface area is 117 Å². The van der Waals surface area contributed by atoms with E-state index in [0.717, 1.165) is 5.39 Å². The highest BCUT2D eigenvalue weighted by molar-refractivity contribution is 5.91. The Morgan fingerprint density at radius 3 is 2.55 bits per heavy atom. The van der Waals surface area contributed by atoms with Crippen molar-refractivity contribution >= 4 is 17.0 Å². The molecule has 0 spiro atoms. The summed E-state index contributed by atoms with van der Waals surface area (Å²) >= 11 is 0. The zero-order chi connectivity index (χ0) is 14.9. The molecule has 1 N–H and O–H groups in total. The maximum Gasteiger partial charge on any atom is 0.419 e. The Balaban J connectivity index is 2.53. The summed E-state index contributed by atoms with van der Waals surface area (Å²) in [6.45, 7) is 5.17. The molecule has 0 bridgehead atoms. The molecule has 1 aromatic heterocycles. The van der Waals surface area contributed by atoms with Crippen LogP contribution in [0.15, 0.2) is 24.3 Å². The Morgan fingerprint density at radius 1 is 1.30 bits per heavy atom. The fraction of sp³-hybridized carbons (Fsp3) is 0.400. The van der Waals surface area contributed by atoms with Gasteiger partial charge in [-0.25, -0.2) is 9.36 Å². The number of hydrogen-bond donors (Lipinski definition) is 1. The molecular formula is C15H19NO4. The van der Waals surface area contributed by atoms with Crippen molar-refractivity contribution in [3.63, 3.8) is 0 Å². The van der Waals surface area contributed by atoms with Crippen molar-refractivity contribution in [2.45, 2.75) is 33.0 Å². The molecule has 108 valence electrons. The van der Waals surface area contributed by atoms with Gasteiger partial charge in [0.2, 0.25) is 0 Å². The molecule has 0 radical (unpaired) electrons. The van der Waals surface area contributed by atoms with E-state index in [2.05, 4.69) is 0 Å². The first-order valence-electron chi connectivity index (χ1n) is 6.38. The van der Waals surface area contributed by atoms with E-state index >= 15 is 0 Å². The molecule has 5 heteroatoms. The van der Waals surface area contributed by atoms with Gasteiger partial charge in [0.05, 0.1) is 24.9 Å². The number of hydrogen-bond acceptors (Lipinski definition) is 4. The van der Waals surface area contributed by atoms with E-state index < -0.39 is 11.7 Å². The Bertz CT molecular complexity index is 637. The lowest BCUT2D eigenvalue weighted by molar-refractivity contribution is 0.0533. The predicted octanol–water partition coefficient (Wildman–Crippen LogP) is 2.93. The summed E-state index contributed by atoms with van der Waals surface area (Å²) < 4.78 is 11.9. The molecule has 0 atom stereocenters. The van der Waals surface area contributed by atoms with Gasteiger partial charge < -0.3 is 14.6 Å². The minimum atomic E-state index is -0.590. The summed E-state index contributed by atoms with van der Waals surface area (Å²) in [5.74, 6) is 0.698. The molecule has 0 saturated carbocycles. The summed E-state index contributed by atoms with van der Waals surface area (Å²) in [5, 5.41) is 10.3. The van der Waals surface area contributed by atoms with Crippen molar-refractivity contribution in [3.05, 3.63) is 30.0 Å². The molecule has 0 amide bonds. The van der Waals surface area contributed by atoms with E-state index in [-0.39, 0.29) is 6.61 Å². The lowest BCUT2D eigenvalue weighted by atomic mass is 10.2. The first-order chi connectivity index (χ1) is 9.35. The largest absolute Gasteiger partial charge is 0.497 e. The smallest absolute Gasteiger partial charge is 0.419 e. The quantitative estimate of drug-likeness (QED) is 0.916. The van der Waals surface area contributed by atoms with E-state index in [9.17, 15) is 9.90 Å². The molecule has 0 fully saturated rings. The third-order valence-electron chi connectivity index (χ3n) is 2.82. The van der Waals surface area contributed by atoms with Crippen LogP contribution in [0.1, 0.15) is 26.5 Å². The number of aliphatic hydroxyl groups is 1. The van der Waals surface area contributed by atoms with Crippen LogP contribution < -0.4 is 4.74 Å². The molecule has 5 nitrogen and oxygen atoms in total. The molecular weight excluding hydrogens is 258 g/mol. The van der Waals surface area contributed by atoms with Crippen LogP contribution >= 0.6 is 0 Å². The topological polar surface area (TPSA) is 60.7 Å². The molecule has 2 aromatic rings. The maximum absolute atomic E-state index is 12.3. The van der Waals surface area contributed by atoms with Gasteiger partial charge >= 0.3 is 6.09 Å². The molecule has 1 aromatic carbocycles. The van der Waals surface area contributed by atoms with Gasteiger partial charge in [-0.3, -0.25) is 0 Å². The molecule has 1 heterocycles. The van der Waals surface area contributed by atoms with Crippen LogP contribution in [0.4, 0.5) is 4.79 Å². The highest BCUT2D eigenvalue weighted by Crippen LogP contribution is 2.25. The molecule has 0 saturated heterocycles. The molecule has 0 aliphatic carbocycles. The highest BCUT2D eigenvalue weighted by Gasteiger charge is 2.21. The van der Waals surface area contributed by atoms with Crippen molar-refractivity contribution in [1.29, 1.82) is 0 Å². The minimum absolute atomic E-state index is 0.240. The molecule has 0 aliphatic heterocycles. The normalized spacial score (nSPS) is 11.7. The first kappa shape index (κ1) is 14.4. The Hall–Kier alpha value is -2.01. The number of methoxy groups -OCH3 is 1. The number of aliphatic hydroxyl groups excluding tert-OH is 1. The Morgan fingerprint density at radius 2 is 2.00 bits per heavy atom. The molecule has 2 rings (SSSR count). The lowest BCUT2D eigenvalue weighted by Gasteiger charge is -2.20. The van der Waals surface area contributed by atoms with Gasteiger partial charge in [-0.15, -0.1) is 0 Å². The summed E-state index contributed by atoms with van der Waals surface area (Å²) in [5.41, 5.74) is 0.582. The third kappa shape index (κ3) is 2.77. The summed E-state index contributed by atoms with van der Waals surface area (Å²) in [7, 11) is 1.58. The van der Waals surface area contributed by atoms with Crippen LogP contribution in [0.25, 0.3) is 10.9 Å². The van der Waals surface area contributed by atoms with Crippen molar-refractivity contribution in [1.82, 2.24) is 4.57 Å². The van der Waals surface area contributed by atoms with Gasteiger partial charge in [-0.1, -0.05) is 0 Å². The molecule has 0 unspecified atom stereocenters. The van der Waals surface area contributed by atoms with E-state index in [1.807, 2.05) is 6.07 Å². The highest BCUT2D eigenvalue weighted by atomic mass is 16.6. The van der Waals surface area contributed by atoms with Crippen LogP contribution in [0.5, 0.6) is 5.75 Å². The lowest BCUT2D eigenvalue weighted by Crippen LogP contribution is -2.28. The average Bonchev–Trinajstić information content (AvgIpc) is 2.73. The molecule has 0 aliphatic rings. The van der Waals surface area contributed by atoms with Crippen LogP contribution in [0, 0.1) is 0 Å². The average molecular weight is 277 g/mol. The van der Waals surface area contributed by atoms with E-state index in [1.54, 1.807) is 46.1 Å². The number of aromatic nitrogens is 1. The zero-order valence-electron chi connectivity index (χ0n) is 12.1. The van der Waals surface area contributed by atoms with Gasteiger partial charge in [0.25, 0.3) is 0 Å². The first-order valence-corrected chi connectivity index (χ1v) is 6.38. The van der Waals surface area contributed by atoms with Crippen molar-refractivity contribution in [2.75, 3.05) is 7.11 Å². The SMILES string of the molecule is COc1ccc2c(c1)cc(CO)n2C(=O)OC(C)(C)C. The number of fused-ring (bicyclic) bond motifs is 1. The third-order valence-corrected chi connectivity index (χ3v) is 2.82. The van der Waals surface area contributed by atoms with E-state index in [4.69, 9.17) is 9.47 Å². The summed E-state index contributed by atoms with van der Waals surface area (Å²) in [6, 6.07) is 7.11. The summed E-state index contributed by atoms with van der Waals surface area (Å²) in [6.07, 6.45) is -0.498. The minimum Gasteiger partial charge on any atom is -0.497 e. The number of rotatable bonds is 2. The second kappa shape index (κ2) is 5.17. The second-order valence-electron chi connectivity index (χ2n) is 5.53. The fourth-order valence-electron chi connectivity index (χ4n) is 2.02. The van der Waals surface area contributed by atoms with Gasteiger partial charge in [-0.05, 0) is 45.0 Å². The Kier molecular flexibility index (Phi) is 3.72. The van der Waals surface area contributed by atoms with Crippen LogP contribution in [0.2, 0.25) is 0 Å². The number of ether oxygens (including phenoxy) is 2. The molecule has 20 heavy (non-hydrogen) atoms. The second-order valence-corrected chi connectivity index (χ2v) is 5.53. The van der Waals surface area contributed by atoms with Gasteiger partial charge in [0, 0.05) is 5.39 Å². The van der Waals surface area contributed by atoms with Crippen LogP contribution in [-0.2, 0) is 11.3 Å². The standard InChI is InChI=1S/C15H19NO4/c1-15(2,3)20-14(18)16-11(9-17)7-10-8-12(19-4)5-6-13(10)16/h5-8,17H,9H2,1-4H3. The number of carbonyl (C=O) groups is 1. The van der Waals surface area contributed by atoms with Crippen LogP contribution in [0.3, 0.4) is 0 Å². The van der Waals surface area contributed by atoms with E-state index in [1.165, 1.54) is 4.57 Å². The zero-order valence-corrected chi connectivity index (χ0v) is 12.1. The number of nitrogens with zero attached hydrogens (tertiary/aromatic N) is 1. The number of carbonyl (C=O) groups excluding carboxylic acids is 1. The summed E-state index contributed by atoms with van der Waals surface area (Å²) in [4.78, 5) is 12.3. The van der Waals surface area contributed by atoms with E-state index in [0.29, 0.717) is 17.0 Å². The van der Waals surface area contributed by atoms with Gasteiger partial charge in [0.1, 0.15) is 11.4 Å². The number of benzene rings is 1. The predicted molar refractivity (Wildman–Crippen MR) is 76.0 cm³/mol. The van der Waals surface area contributed by atoms with Gasteiger partial charge in [-0.2, -0.15) is 0 Å². The van der Waals surface area contributed by atoms with Crippen LogP contribution in [-0.4, -0.2) is 28.5 Å². The fourth-order valence-corrected chi connectivity index (χ4v) is 2.02. The monoisotopic (exact) mass is 277 g/mol. The van der Waals surface area contributed by atoms with Crippen molar-refractivity contribution < 1.29 is 19.4 Å². The van der Waals surface area contributed by atoms with Crippen molar-refractivity contribution in [3.8, 4) is 5.75 Å². The van der Waals surface area contributed by atoms with Crippen molar-refractivity contribution in [2.24, 2.45) is 0 Å². The maximum atomic E-state index is 12.3. The van der Waals surface area contributed by atoms with Gasteiger partial charge in [0.15, 0.2) is 0 Å².